The maximum Gasteiger partial charge on any atom is 0.136 e. The van der Waals surface area contributed by atoms with E-state index in [1.54, 1.807) is 13.3 Å². The van der Waals surface area contributed by atoms with Crippen LogP contribution in [0.1, 0.15) is 0 Å². The third-order valence-corrected chi connectivity index (χ3v) is 3.22. The maximum absolute atomic E-state index is 6.12. The van der Waals surface area contributed by atoms with Gasteiger partial charge in [-0.2, -0.15) is 0 Å². The summed E-state index contributed by atoms with van der Waals surface area (Å²) in [7, 11) is 1.66. The highest BCUT2D eigenvalue weighted by Gasteiger charge is 2.08. The molecule has 0 unspecified atom stereocenters. The Morgan fingerprint density at radius 1 is 1.00 bits per heavy atom. The highest BCUT2D eigenvalue weighted by molar-refractivity contribution is 6.35. The fourth-order valence-electron chi connectivity index (χ4n) is 2.13. The van der Waals surface area contributed by atoms with Crippen LogP contribution in [0.4, 0.5) is 0 Å². The molecule has 0 aliphatic carbocycles. The first-order valence-electron chi connectivity index (χ1n) is 5.31. The van der Waals surface area contributed by atoms with Crippen LogP contribution in [-0.4, -0.2) is 12.1 Å². The second kappa shape index (κ2) is 3.90. The molecule has 0 saturated carbocycles. The number of benzene rings is 2. The van der Waals surface area contributed by atoms with Gasteiger partial charge in [0.05, 0.1) is 7.11 Å². The van der Waals surface area contributed by atoms with Gasteiger partial charge in [0.15, 0.2) is 0 Å². The lowest BCUT2D eigenvalue weighted by Crippen LogP contribution is -1.88. The van der Waals surface area contributed by atoms with E-state index in [-0.39, 0.29) is 0 Å². The molecule has 1 aromatic heterocycles. The smallest absolute Gasteiger partial charge is 0.136 e. The Balaban J connectivity index is 2.59. The number of ether oxygens (including phenoxy) is 1. The highest BCUT2D eigenvalue weighted by Crippen LogP contribution is 2.35. The molecule has 0 amide bonds. The zero-order chi connectivity index (χ0) is 11.8. The van der Waals surface area contributed by atoms with Gasteiger partial charge in [0, 0.05) is 17.0 Å². The normalized spacial score (nSPS) is 10.9. The first-order valence-corrected chi connectivity index (χ1v) is 5.69. The van der Waals surface area contributed by atoms with Gasteiger partial charge in [-0.1, -0.05) is 35.9 Å². The van der Waals surface area contributed by atoms with Crippen molar-refractivity contribution in [2.24, 2.45) is 0 Å². The molecule has 3 heteroatoms. The largest absolute Gasteiger partial charge is 0.496 e. The lowest BCUT2D eigenvalue weighted by atomic mass is 10.0. The quantitative estimate of drug-likeness (QED) is 0.475. The van der Waals surface area contributed by atoms with Crippen molar-refractivity contribution in [1.29, 1.82) is 0 Å². The average molecular weight is 244 g/mol. The number of methoxy groups -OCH3 is 1. The topological polar surface area (TPSA) is 22.1 Å². The van der Waals surface area contributed by atoms with Crippen LogP contribution in [-0.2, 0) is 0 Å². The van der Waals surface area contributed by atoms with E-state index in [1.807, 2.05) is 30.3 Å². The number of halogens is 1. The van der Waals surface area contributed by atoms with E-state index in [2.05, 4.69) is 11.1 Å². The summed E-state index contributed by atoms with van der Waals surface area (Å²) in [5, 5.41) is 4.74. The van der Waals surface area contributed by atoms with Crippen LogP contribution < -0.4 is 4.74 Å². The van der Waals surface area contributed by atoms with Crippen molar-refractivity contribution in [2.45, 2.75) is 0 Å². The lowest BCUT2D eigenvalue weighted by Gasteiger charge is -2.09. The molecule has 0 spiro atoms. The van der Waals surface area contributed by atoms with Crippen LogP contribution in [0, 0.1) is 0 Å². The Hall–Kier alpha value is -1.80. The number of hydrogen-bond acceptors (Lipinski definition) is 2. The van der Waals surface area contributed by atoms with Crippen molar-refractivity contribution in [3.8, 4) is 5.75 Å². The molecular formula is C14H10ClNO. The summed E-state index contributed by atoms with van der Waals surface area (Å²) in [6.45, 7) is 0. The van der Waals surface area contributed by atoms with Crippen molar-refractivity contribution < 1.29 is 4.74 Å². The summed E-state index contributed by atoms with van der Waals surface area (Å²) in [5.41, 5.74) is 0. The molecule has 2 nitrogen and oxygen atoms in total. The zero-order valence-electron chi connectivity index (χ0n) is 9.27. The predicted molar refractivity (Wildman–Crippen MR) is 70.8 cm³/mol. The van der Waals surface area contributed by atoms with Crippen LogP contribution in [0.3, 0.4) is 0 Å². The van der Waals surface area contributed by atoms with Crippen LogP contribution in [0.15, 0.2) is 42.6 Å². The van der Waals surface area contributed by atoms with E-state index in [9.17, 15) is 0 Å². The molecule has 0 N–H and O–H groups in total. The molecular weight excluding hydrogens is 234 g/mol. The lowest BCUT2D eigenvalue weighted by molar-refractivity contribution is 0.420. The molecule has 0 saturated heterocycles. The van der Waals surface area contributed by atoms with Crippen molar-refractivity contribution in [1.82, 2.24) is 4.98 Å². The first-order chi connectivity index (χ1) is 8.31. The molecule has 1 heterocycles. The van der Waals surface area contributed by atoms with Crippen molar-refractivity contribution in [3.63, 3.8) is 0 Å². The van der Waals surface area contributed by atoms with Gasteiger partial charge in [-0.25, -0.2) is 4.98 Å². The molecule has 3 rings (SSSR count). The van der Waals surface area contributed by atoms with Gasteiger partial charge in [0.2, 0.25) is 0 Å². The minimum absolute atomic E-state index is 0.506. The Morgan fingerprint density at radius 2 is 1.71 bits per heavy atom. The summed E-state index contributed by atoms with van der Waals surface area (Å²) in [6, 6.07) is 12.0. The average Bonchev–Trinajstić information content (AvgIpc) is 2.38. The van der Waals surface area contributed by atoms with Crippen LogP contribution in [0.25, 0.3) is 21.5 Å². The third kappa shape index (κ3) is 1.53. The van der Waals surface area contributed by atoms with Crippen LogP contribution in [0.5, 0.6) is 5.75 Å². The molecule has 0 bridgehead atoms. The van der Waals surface area contributed by atoms with E-state index < -0.39 is 0 Å². The number of hydrogen-bond donors (Lipinski definition) is 0. The molecule has 17 heavy (non-hydrogen) atoms. The summed E-state index contributed by atoms with van der Waals surface area (Å²) < 4.78 is 5.40. The molecule has 2 aromatic carbocycles. The Morgan fingerprint density at radius 3 is 2.47 bits per heavy atom. The predicted octanol–water partition coefficient (Wildman–Crippen LogP) is 4.05. The van der Waals surface area contributed by atoms with Gasteiger partial charge in [-0.05, 0) is 22.9 Å². The summed E-state index contributed by atoms with van der Waals surface area (Å²) in [4.78, 5) is 4.10. The maximum atomic E-state index is 6.12. The first kappa shape index (κ1) is 10.4. The standard InChI is InChI=1S/C14H10ClNO/c1-17-13-8-12-10(6-7-16-14(12)15)9-4-2-3-5-11(9)13/h2-8H,1H3. The van der Waals surface area contributed by atoms with Gasteiger partial charge < -0.3 is 4.74 Å². The van der Waals surface area contributed by atoms with Crippen LogP contribution >= 0.6 is 11.6 Å². The number of aromatic nitrogens is 1. The molecule has 0 fully saturated rings. The minimum atomic E-state index is 0.506. The van der Waals surface area contributed by atoms with E-state index >= 15 is 0 Å². The van der Waals surface area contributed by atoms with Crippen LogP contribution in [0.2, 0.25) is 5.15 Å². The van der Waals surface area contributed by atoms with E-state index in [4.69, 9.17) is 16.3 Å². The number of rotatable bonds is 1. The fourth-order valence-corrected chi connectivity index (χ4v) is 2.34. The van der Waals surface area contributed by atoms with Crippen molar-refractivity contribution in [3.05, 3.63) is 47.7 Å². The molecule has 0 aliphatic heterocycles. The zero-order valence-corrected chi connectivity index (χ0v) is 10.0. The Bertz CT molecular complexity index is 709. The minimum Gasteiger partial charge on any atom is -0.496 e. The third-order valence-electron chi connectivity index (χ3n) is 2.92. The van der Waals surface area contributed by atoms with Gasteiger partial charge >= 0.3 is 0 Å². The summed E-state index contributed by atoms with van der Waals surface area (Å²) in [6.07, 6.45) is 1.73. The Labute approximate surface area is 104 Å². The number of fused-ring (bicyclic) bond motifs is 3. The fraction of sp³-hybridized carbons (Fsp3) is 0.0714. The SMILES string of the molecule is COc1cc2c(Cl)nccc2c2ccccc12. The van der Waals surface area contributed by atoms with Crippen molar-refractivity contribution >= 4 is 33.1 Å². The van der Waals surface area contributed by atoms with Gasteiger partial charge in [0.1, 0.15) is 10.9 Å². The number of nitrogens with zero attached hydrogens (tertiary/aromatic N) is 1. The number of pyridine rings is 1. The summed E-state index contributed by atoms with van der Waals surface area (Å²) in [5.74, 6) is 0.822. The summed E-state index contributed by atoms with van der Waals surface area (Å²) >= 11 is 6.12. The second-order valence-electron chi connectivity index (χ2n) is 3.82. The second-order valence-corrected chi connectivity index (χ2v) is 4.18. The molecule has 3 aromatic rings. The van der Waals surface area contributed by atoms with E-state index in [0.717, 1.165) is 27.3 Å². The van der Waals surface area contributed by atoms with Gasteiger partial charge in [-0.3, -0.25) is 0 Å². The van der Waals surface area contributed by atoms with Gasteiger partial charge in [-0.15, -0.1) is 0 Å². The van der Waals surface area contributed by atoms with E-state index in [1.165, 1.54) is 0 Å². The van der Waals surface area contributed by atoms with E-state index in [0.29, 0.717) is 5.15 Å². The van der Waals surface area contributed by atoms with Gasteiger partial charge in [0.25, 0.3) is 0 Å². The van der Waals surface area contributed by atoms with Crippen molar-refractivity contribution in [2.75, 3.05) is 7.11 Å². The molecule has 84 valence electrons. The highest BCUT2D eigenvalue weighted by atomic mass is 35.5. The molecule has 0 atom stereocenters. The monoisotopic (exact) mass is 243 g/mol. The molecule has 0 aliphatic rings. The Kier molecular flexibility index (Phi) is 2.37. The molecule has 0 radical (unpaired) electrons.